The third-order valence-electron chi connectivity index (χ3n) is 3.24. The highest BCUT2D eigenvalue weighted by atomic mass is 16.5. The van der Waals surface area contributed by atoms with E-state index >= 15 is 0 Å². The molecule has 0 aromatic carbocycles. The van der Waals surface area contributed by atoms with Crippen molar-refractivity contribution < 1.29 is 4.74 Å². The summed E-state index contributed by atoms with van der Waals surface area (Å²) >= 11 is 0. The predicted octanol–water partition coefficient (Wildman–Crippen LogP) is 2.97. The monoisotopic (exact) mass is 213 g/mol. The molecule has 2 nitrogen and oxygen atoms in total. The number of hydrogen-bond donors (Lipinski definition) is 1. The van der Waals surface area contributed by atoms with Crippen LogP contribution in [0.5, 0.6) is 0 Å². The molecule has 2 unspecified atom stereocenters. The molecular formula is C13H27NO. The minimum Gasteiger partial charge on any atom is -0.377 e. The molecule has 0 bridgehead atoms. The van der Waals surface area contributed by atoms with E-state index in [2.05, 4.69) is 26.1 Å². The molecule has 0 amide bonds. The lowest BCUT2D eigenvalue weighted by Gasteiger charge is -2.25. The molecule has 90 valence electrons. The largest absolute Gasteiger partial charge is 0.377 e. The predicted molar refractivity (Wildman–Crippen MR) is 65.1 cm³/mol. The fraction of sp³-hybridized carbons (Fsp3) is 1.00. The SMILES string of the molecule is CCCNC(CCC1CC1)C(C)OCC. The zero-order chi connectivity index (χ0) is 11.1. The van der Waals surface area contributed by atoms with Gasteiger partial charge in [-0.1, -0.05) is 19.8 Å². The molecule has 0 aromatic rings. The standard InChI is InChI=1S/C13H27NO/c1-4-10-14-13(11(3)15-5-2)9-8-12-6-7-12/h11-14H,4-10H2,1-3H3. The van der Waals surface area contributed by atoms with E-state index in [9.17, 15) is 0 Å². The van der Waals surface area contributed by atoms with Crippen molar-refractivity contribution in [1.82, 2.24) is 5.32 Å². The quantitative estimate of drug-likeness (QED) is 0.636. The molecule has 0 radical (unpaired) electrons. The molecule has 0 heterocycles. The summed E-state index contributed by atoms with van der Waals surface area (Å²) in [6.07, 6.45) is 7.16. The first kappa shape index (κ1) is 13.0. The maximum absolute atomic E-state index is 5.69. The molecule has 1 rings (SSSR count). The molecule has 0 aromatic heterocycles. The topological polar surface area (TPSA) is 21.3 Å². The van der Waals surface area contributed by atoms with E-state index in [1.54, 1.807) is 0 Å². The van der Waals surface area contributed by atoms with Gasteiger partial charge in [-0.25, -0.2) is 0 Å². The van der Waals surface area contributed by atoms with E-state index in [0.29, 0.717) is 12.1 Å². The van der Waals surface area contributed by atoms with Crippen molar-refractivity contribution in [3.05, 3.63) is 0 Å². The van der Waals surface area contributed by atoms with Crippen molar-refractivity contribution in [2.24, 2.45) is 5.92 Å². The van der Waals surface area contributed by atoms with Gasteiger partial charge in [0.15, 0.2) is 0 Å². The first-order valence-corrected chi connectivity index (χ1v) is 6.62. The van der Waals surface area contributed by atoms with Crippen LogP contribution in [0.1, 0.15) is 52.9 Å². The van der Waals surface area contributed by atoms with Crippen molar-refractivity contribution in [3.63, 3.8) is 0 Å². The van der Waals surface area contributed by atoms with Crippen LogP contribution in [0.15, 0.2) is 0 Å². The molecule has 0 saturated heterocycles. The van der Waals surface area contributed by atoms with Crippen LogP contribution in [0.2, 0.25) is 0 Å². The Labute approximate surface area is 94.8 Å². The highest BCUT2D eigenvalue weighted by Crippen LogP contribution is 2.34. The summed E-state index contributed by atoms with van der Waals surface area (Å²) in [5, 5.41) is 3.61. The highest BCUT2D eigenvalue weighted by molar-refractivity contribution is 4.79. The van der Waals surface area contributed by atoms with E-state index in [-0.39, 0.29) is 0 Å². The Bertz CT molecular complexity index is 157. The van der Waals surface area contributed by atoms with Crippen LogP contribution in [0.4, 0.5) is 0 Å². The van der Waals surface area contributed by atoms with Crippen molar-refractivity contribution in [2.75, 3.05) is 13.2 Å². The van der Waals surface area contributed by atoms with Crippen molar-refractivity contribution in [2.45, 2.75) is 65.0 Å². The van der Waals surface area contributed by atoms with Gasteiger partial charge in [-0.05, 0) is 45.6 Å². The summed E-state index contributed by atoms with van der Waals surface area (Å²) < 4.78 is 5.69. The zero-order valence-corrected chi connectivity index (χ0v) is 10.6. The molecule has 1 aliphatic carbocycles. The van der Waals surface area contributed by atoms with Gasteiger partial charge in [0.2, 0.25) is 0 Å². The molecule has 15 heavy (non-hydrogen) atoms. The second-order valence-electron chi connectivity index (χ2n) is 4.74. The van der Waals surface area contributed by atoms with Gasteiger partial charge in [-0.3, -0.25) is 0 Å². The summed E-state index contributed by atoms with van der Waals surface area (Å²) in [6, 6.07) is 0.561. The minimum atomic E-state index is 0.361. The Balaban J connectivity index is 2.21. The fourth-order valence-corrected chi connectivity index (χ4v) is 2.03. The average Bonchev–Trinajstić information content (AvgIpc) is 3.02. The molecule has 1 fully saturated rings. The normalized spacial score (nSPS) is 20.2. The molecular weight excluding hydrogens is 186 g/mol. The lowest BCUT2D eigenvalue weighted by molar-refractivity contribution is 0.0443. The van der Waals surface area contributed by atoms with E-state index in [1.165, 1.54) is 32.1 Å². The van der Waals surface area contributed by atoms with Gasteiger partial charge >= 0.3 is 0 Å². The van der Waals surface area contributed by atoms with E-state index in [4.69, 9.17) is 4.74 Å². The van der Waals surface area contributed by atoms with Gasteiger partial charge in [-0.2, -0.15) is 0 Å². The van der Waals surface area contributed by atoms with Crippen LogP contribution in [-0.4, -0.2) is 25.3 Å². The Kier molecular flexibility index (Phi) is 6.26. The summed E-state index contributed by atoms with van der Waals surface area (Å²) in [4.78, 5) is 0. The first-order valence-electron chi connectivity index (χ1n) is 6.62. The molecule has 2 heteroatoms. The van der Waals surface area contributed by atoms with Crippen LogP contribution in [0, 0.1) is 5.92 Å². The van der Waals surface area contributed by atoms with E-state index in [0.717, 1.165) is 19.1 Å². The van der Waals surface area contributed by atoms with Crippen molar-refractivity contribution in [1.29, 1.82) is 0 Å². The number of ether oxygens (including phenoxy) is 1. The Hall–Kier alpha value is -0.0800. The molecule has 1 N–H and O–H groups in total. The van der Waals surface area contributed by atoms with Crippen LogP contribution >= 0.6 is 0 Å². The van der Waals surface area contributed by atoms with Crippen molar-refractivity contribution >= 4 is 0 Å². The number of hydrogen-bond acceptors (Lipinski definition) is 2. The molecule has 0 spiro atoms. The van der Waals surface area contributed by atoms with E-state index in [1.807, 2.05) is 0 Å². The lowest BCUT2D eigenvalue weighted by atomic mass is 10.0. The minimum absolute atomic E-state index is 0.361. The lowest BCUT2D eigenvalue weighted by Crippen LogP contribution is -2.40. The highest BCUT2D eigenvalue weighted by Gasteiger charge is 2.24. The van der Waals surface area contributed by atoms with Crippen molar-refractivity contribution in [3.8, 4) is 0 Å². The van der Waals surface area contributed by atoms with Gasteiger partial charge in [0.05, 0.1) is 6.10 Å². The van der Waals surface area contributed by atoms with Gasteiger partial charge in [0, 0.05) is 12.6 Å². The summed E-state index contributed by atoms with van der Waals surface area (Å²) in [7, 11) is 0. The molecule has 1 saturated carbocycles. The molecule has 1 aliphatic rings. The summed E-state index contributed by atoms with van der Waals surface area (Å²) in [5.41, 5.74) is 0. The van der Waals surface area contributed by atoms with Crippen LogP contribution in [0.25, 0.3) is 0 Å². The maximum Gasteiger partial charge on any atom is 0.0699 e. The second kappa shape index (κ2) is 7.24. The summed E-state index contributed by atoms with van der Waals surface area (Å²) in [5.74, 6) is 1.03. The van der Waals surface area contributed by atoms with Gasteiger partial charge in [0.1, 0.15) is 0 Å². The Morgan fingerprint density at radius 3 is 2.60 bits per heavy atom. The Morgan fingerprint density at radius 1 is 1.33 bits per heavy atom. The zero-order valence-electron chi connectivity index (χ0n) is 10.6. The summed E-state index contributed by atoms with van der Waals surface area (Å²) in [6.45, 7) is 8.44. The van der Waals surface area contributed by atoms with Crippen LogP contribution in [-0.2, 0) is 4.74 Å². The molecule has 2 atom stereocenters. The van der Waals surface area contributed by atoms with Gasteiger partial charge < -0.3 is 10.1 Å². The third-order valence-corrected chi connectivity index (χ3v) is 3.24. The van der Waals surface area contributed by atoms with Crippen LogP contribution < -0.4 is 5.32 Å². The maximum atomic E-state index is 5.69. The third kappa shape index (κ3) is 5.53. The molecule has 0 aliphatic heterocycles. The van der Waals surface area contributed by atoms with Crippen LogP contribution in [0.3, 0.4) is 0 Å². The smallest absolute Gasteiger partial charge is 0.0699 e. The van der Waals surface area contributed by atoms with Gasteiger partial charge in [0.25, 0.3) is 0 Å². The first-order chi connectivity index (χ1) is 7.27. The fourth-order valence-electron chi connectivity index (χ4n) is 2.03. The Morgan fingerprint density at radius 2 is 2.07 bits per heavy atom. The number of nitrogens with one attached hydrogen (secondary N) is 1. The number of rotatable bonds is 9. The van der Waals surface area contributed by atoms with E-state index < -0.39 is 0 Å². The average molecular weight is 213 g/mol. The second-order valence-corrected chi connectivity index (χ2v) is 4.74. The van der Waals surface area contributed by atoms with Gasteiger partial charge in [-0.15, -0.1) is 0 Å².